The van der Waals surface area contributed by atoms with Crippen LogP contribution in [0.2, 0.25) is 0 Å². The lowest BCUT2D eigenvalue weighted by atomic mass is 10.0. The fraction of sp³-hybridized carbons (Fsp3) is 0.192. The molecule has 32 heavy (non-hydrogen) atoms. The van der Waals surface area contributed by atoms with Crippen LogP contribution in [0.3, 0.4) is 0 Å². The molecular formula is C26H25N3O3. The van der Waals surface area contributed by atoms with Gasteiger partial charge >= 0.3 is 0 Å². The highest BCUT2D eigenvalue weighted by Crippen LogP contribution is 2.25. The number of carbonyl (C=O) groups is 1. The SMILES string of the molecule is Cc1ccc(-c2nnc(-c3ccc(NC(=O)COc4ccc(C(C)C)cc4)cc3)o2)cc1. The number of benzene rings is 3. The zero-order chi connectivity index (χ0) is 22.5. The van der Waals surface area contributed by atoms with Gasteiger partial charge in [0.05, 0.1) is 0 Å². The zero-order valence-corrected chi connectivity index (χ0v) is 18.3. The van der Waals surface area contributed by atoms with Crippen molar-refractivity contribution < 1.29 is 13.9 Å². The van der Waals surface area contributed by atoms with Crippen molar-refractivity contribution in [2.24, 2.45) is 0 Å². The van der Waals surface area contributed by atoms with Crippen molar-refractivity contribution in [2.45, 2.75) is 26.7 Å². The van der Waals surface area contributed by atoms with Gasteiger partial charge in [-0.15, -0.1) is 10.2 Å². The molecule has 0 aliphatic rings. The maximum atomic E-state index is 12.2. The average molecular weight is 428 g/mol. The van der Waals surface area contributed by atoms with Crippen LogP contribution in [0.4, 0.5) is 5.69 Å². The second-order valence-corrected chi connectivity index (χ2v) is 7.92. The summed E-state index contributed by atoms with van der Waals surface area (Å²) in [6.07, 6.45) is 0. The van der Waals surface area contributed by atoms with E-state index in [0.29, 0.717) is 29.1 Å². The van der Waals surface area contributed by atoms with Gasteiger partial charge < -0.3 is 14.5 Å². The minimum Gasteiger partial charge on any atom is -0.484 e. The molecule has 0 bridgehead atoms. The van der Waals surface area contributed by atoms with Crippen LogP contribution in [0.1, 0.15) is 30.9 Å². The largest absolute Gasteiger partial charge is 0.484 e. The van der Waals surface area contributed by atoms with E-state index in [1.54, 1.807) is 12.1 Å². The Morgan fingerprint density at radius 2 is 1.44 bits per heavy atom. The molecule has 0 fully saturated rings. The van der Waals surface area contributed by atoms with E-state index in [2.05, 4.69) is 29.4 Å². The Kier molecular flexibility index (Phi) is 6.31. The molecule has 3 aromatic carbocycles. The molecule has 0 unspecified atom stereocenters. The first kappa shape index (κ1) is 21.3. The fourth-order valence-corrected chi connectivity index (χ4v) is 3.14. The third-order valence-corrected chi connectivity index (χ3v) is 5.06. The van der Waals surface area contributed by atoms with Gasteiger partial charge in [0.1, 0.15) is 5.75 Å². The topological polar surface area (TPSA) is 77.2 Å². The Balaban J connectivity index is 1.33. The van der Waals surface area contributed by atoms with Crippen LogP contribution in [0.15, 0.2) is 77.2 Å². The molecule has 1 aromatic heterocycles. The molecule has 6 nitrogen and oxygen atoms in total. The molecule has 0 aliphatic heterocycles. The number of amides is 1. The van der Waals surface area contributed by atoms with Gasteiger partial charge in [-0.25, -0.2) is 0 Å². The summed E-state index contributed by atoms with van der Waals surface area (Å²) in [4.78, 5) is 12.2. The molecule has 162 valence electrons. The van der Waals surface area contributed by atoms with Gasteiger partial charge in [0.15, 0.2) is 6.61 Å². The Morgan fingerprint density at radius 3 is 2.00 bits per heavy atom. The van der Waals surface area contributed by atoms with Crippen molar-refractivity contribution in [1.29, 1.82) is 0 Å². The summed E-state index contributed by atoms with van der Waals surface area (Å²) < 4.78 is 11.4. The van der Waals surface area contributed by atoms with Crippen molar-refractivity contribution in [3.05, 3.63) is 83.9 Å². The molecule has 0 saturated heterocycles. The number of aryl methyl sites for hydroxylation is 1. The van der Waals surface area contributed by atoms with Crippen LogP contribution in [0.25, 0.3) is 22.9 Å². The maximum absolute atomic E-state index is 12.2. The quantitative estimate of drug-likeness (QED) is 0.400. The molecule has 4 aromatic rings. The van der Waals surface area contributed by atoms with Crippen LogP contribution < -0.4 is 10.1 Å². The van der Waals surface area contributed by atoms with Gasteiger partial charge in [0.2, 0.25) is 11.8 Å². The van der Waals surface area contributed by atoms with Crippen LogP contribution in [-0.4, -0.2) is 22.7 Å². The molecule has 1 N–H and O–H groups in total. The van der Waals surface area contributed by atoms with Crippen LogP contribution in [0.5, 0.6) is 5.75 Å². The second-order valence-electron chi connectivity index (χ2n) is 7.92. The van der Waals surface area contributed by atoms with Gasteiger partial charge in [-0.3, -0.25) is 4.79 Å². The minimum atomic E-state index is -0.231. The number of nitrogens with zero attached hydrogens (tertiary/aromatic N) is 2. The van der Waals surface area contributed by atoms with E-state index in [1.165, 1.54) is 11.1 Å². The van der Waals surface area contributed by atoms with E-state index in [4.69, 9.17) is 9.15 Å². The number of aromatic nitrogens is 2. The van der Waals surface area contributed by atoms with Gasteiger partial charge in [-0.05, 0) is 66.9 Å². The Labute approximate surface area is 187 Å². The normalized spacial score (nSPS) is 10.9. The summed E-state index contributed by atoms with van der Waals surface area (Å²) in [5, 5.41) is 11.1. The van der Waals surface area contributed by atoms with E-state index < -0.39 is 0 Å². The van der Waals surface area contributed by atoms with Crippen molar-refractivity contribution in [3.8, 4) is 28.7 Å². The summed E-state index contributed by atoms with van der Waals surface area (Å²) >= 11 is 0. The van der Waals surface area contributed by atoms with E-state index >= 15 is 0 Å². The Hall–Kier alpha value is -3.93. The van der Waals surface area contributed by atoms with Crippen molar-refractivity contribution in [2.75, 3.05) is 11.9 Å². The molecule has 0 aliphatic carbocycles. The zero-order valence-electron chi connectivity index (χ0n) is 18.3. The smallest absolute Gasteiger partial charge is 0.262 e. The highest BCUT2D eigenvalue weighted by atomic mass is 16.5. The van der Waals surface area contributed by atoms with Crippen molar-refractivity contribution in [3.63, 3.8) is 0 Å². The van der Waals surface area contributed by atoms with Crippen LogP contribution >= 0.6 is 0 Å². The lowest BCUT2D eigenvalue weighted by Crippen LogP contribution is -2.20. The molecule has 1 amide bonds. The highest BCUT2D eigenvalue weighted by Gasteiger charge is 2.11. The fourth-order valence-electron chi connectivity index (χ4n) is 3.14. The lowest BCUT2D eigenvalue weighted by molar-refractivity contribution is -0.118. The molecule has 0 radical (unpaired) electrons. The number of hydrogen-bond acceptors (Lipinski definition) is 5. The standard InChI is InChI=1S/C26H25N3O3/c1-17(2)19-10-14-23(15-11-19)31-16-24(30)27-22-12-8-21(9-13-22)26-29-28-25(32-26)20-6-4-18(3)5-7-20/h4-15,17H,16H2,1-3H3,(H,27,30). The third-order valence-electron chi connectivity index (χ3n) is 5.06. The lowest BCUT2D eigenvalue weighted by Gasteiger charge is -2.09. The molecule has 4 rings (SSSR count). The van der Waals surface area contributed by atoms with Gasteiger partial charge in [-0.1, -0.05) is 43.7 Å². The maximum Gasteiger partial charge on any atom is 0.262 e. The highest BCUT2D eigenvalue weighted by molar-refractivity contribution is 5.92. The molecule has 1 heterocycles. The number of nitrogens with one attached hydrogen (secondary N) is 1. The first-order chi connectivity index (χ1) is 15.5. The van der Waals surface area contributed by atoms with Crippen LogP contribution in [0, 0.1) is 6.92 Å². The first-order valence-corrected chi connectivity index (χ1v) is 10.5. The van der Waals surface area contributed by atoms with Crippen molar-refractivity contribution in [1.82, 2.24) is 10.2 Å². The molecule has 0 atom stereocenters. The number of hydrogen-bond donors (Lipinski definition) is 1. The summed E-state index contributed by atoms with van der Waals surface area (Å²) in [6, 6.07) is 22.9. The number of anilines is 1. The predicted molar refractivity (Wildman–Crippen MR) is 125 cm³/mol. The molecule has 0 spiro atoms. The summed E-state index contributed by atoms with van der Waals surface area (Å²) in [5.74, 6) is 1.78. The molecule has 0 saturated carbocycles. The summed E-state index contributed by atoms with van der Waals surface area (Å²) in [7, 11) is 0. The second kappa shape index (κ2) is 9.47. The molecular weight excluding hydrogens is 402 g/mol. The predicted octanol–water partition coefficient (Wildman–Crippen LogP) is 5.85. The molecule has 6 heteroatoms. The monoisotopic (exact) mass is 427 g/mol. The summed E-state index contributed by atoms with van der Waals surface area (Å²) in [5.41, 5.74) is 4.71. The number of carbonyl (C=O) groups excluding carboxylic acids is 1. The first-order valence-electron chi connectivity index (χ1n) is 10.5. The average Bonchev–Trinajstić information content (AvgIpc) is 3.29. The number of rotatable bonds is 7. The Morgan fingerprint density at radius 1 is 0.875 bits per heavy atom. The Bertz CT molecular complexity index is 1180. The third kappa shape index (κ3) is 5.21. The van der Waals surface area contributed by atoms with Gasteiger partial charge in [-0.2, -0.15) is 0 Å². The van der Waals surface area contributed by atoms with E-state index in [9.17, 15) is 4.79 Å². The van der Waals surface area contributed by atoms with E-state index in [-0.39, 0.29) is 12.5 Å². The van der Waals surface area contributed by atoms with Crippen molar-refractivity contribution >= 4 is 11.6 Å². The van der Waals surface area contributed by atoms with Gasteiger partial charge in [0.25, 0.3) is 5.91 Å². The van der Waals surface area contributed by atoms with Gasteiger partial charge in [0, 0.05) is 16.8 Å². The minimum absolute atomic E-state index is 0.0631. The van der Waals surface area contributed by atoms with E-state index in [1.807, 2.05) is 67.6 Å². The van der Waals surface area contributed by atoms with E-state index in [0.717, 1.165) is 11.1 Å². The number of ether oxygens (including phenoxy) is 1. The van der Waals surface area contributed by atoms with Crippen LogP contribution in [-0.2, 0) is 4.79 Å². The summed E-state index contributed by atoms with van der Waals surface area (Å²) in [6.45, 7) is 6.23.